The molecule has 0 bridgehead atoms. The highest BCUT2D eigenvalue weighted by Crippen LogP contribution is 2.08. The Labute approximate surface area is 99.7 Å². The van der Waals surface area contributed by atoms with E-state index in [2.05, 4.69) is 5.32 Å². The van der Waals surface area contributed by atoms with Gasteiger partial charge in [-0.05, 0) is 18.2 Å². The number of hydrogen-bond donors (Lipinski definition) is 1. The van der Waals surface area contributed by atoms with Crippen molar-refractivity contribution < 1.29 is 18.3 Å². The highest BCUT2D eigenvalue weighted by atomic mass is 19.1. The van der Waals surface area contributed by atoms with Crippen LogP contribution in [-0.2, 0) is 16.0 Å². The Morgan fingerprint density at radius 1 is 1.18 bits per heavy atom. The summed E-state index contributed by atoms with van der Waals surface area (Å²) in [5.74, 6) is -0.834. The molecule has 0 unspecified atom stereocenters. The molecular formula is C12H17F2NO2. The summed E-state index contributed by atoms with van der Waals surface area (Å²) in [4.78, 5) is 0. The molecule has 0 saturated carbocycles. The third-order valence-electron chi connectivity index (χ3n) is 2.18. The summed E-state index contributed by atoms with van der Waals surface area (Å²) in [5, 5.41) is 2.97. The first kappa shape index (κ1) is 14.0. The summed E-state index contributed by atoms with van der Waals surface area (Å²) in [7, 11) is 1.61. The fourth-order valence-corrected chi connectivity index (χ4v) is 1.29. The summed E-state index contributed by atoms with van der Waals surface area (Å²) in [6.45, 7) is 2.47. The summed E-state index contributed by atoms with van der Waals surface area (Å²) in [6.07, 6.45) is 0. The van der Waals surface area contributed by atoms with Crippen molar-refractivity contribution in [1.29, 1.82) is 0 Å². The molecule has 0 aromatic heterocycles. The van der Waals surface area contributed by atoms with Crippen molar-refractivity contribution in [3.8, 4) is 0 Å². The van der Waals surface area contributed by atoms with Crippen LogP contribution in [0.1, 0.15) is 5.56 Å². The number of hydrogen-bond acceptors (Lipinski definition) is 3. The van der Waals surface area contributed by atoms with E-state index in [-0.39, 0.29) is 6.54 Å². The highest BCUT2D eigenvalue weighted by molar-refractivity contribution is 5.18. The predicted molar refractivity (Wildman–Crippen MR) is 60.8 cm³/mol. The monoisotopic (exact) mass is 245 g/mol. The van der Waals surface area contributed by atoms with Crippen LogP contribution < -0.4 is 5.32 Å². The lowest BCUT2D eigenvalue weighted by Gasteiger charge is -2.07. The van der Waals surface area contributed by atoms with Crippen molar-refractivity contribution in [2.45, 2.75) is 6.54 Å². The van der Waals surface area contributed by atoms with Crippen molar-refractivity contribution in [1.82, 2.24) is 5.32 Å². The number of halogens is 2. The van der Waals surface area contributed by atoms with Crippen molar-refractivity contribution in [3.05, 3.63) is 35.4 Å². The summed E-state index contributed by atoms with van der Waals surface area (Å²) in [5.41, 5.74) is 0.321. The first-order valence-corrected chi connectivity index (χ1v) is 5.45. The minimum absolute atomic E-state index is 0.289. The maximum absolute atomic E-state index is 13.2. The molecular weight excluding hydrogens is 228 g/mol. The quantitative estimate of drug-likeness (QED) is 0.707. The Morgan fingerprint density at radius 2 is 2.00 bits per heavy atom. The maximum atomic E-state index is 13.2. The maximum Gasteiger partial charge on any atom is 0.127 e. The van der Waals surface area contributed by atoms with Crippen molar-refractivity contribution in [3.63, 3.8) is 0 Å². The lowest BCUT2D eigenvalue weighted by molar-refractivity contribution is 0.0719. The van der Waals surface area contributed by atoms with Gasteiger partial charge in [-0.1, -0.05) is 0 Å². The highest BCUT2D eigenvalue weighted by Gasteiger charge is 2.02. The zero-order chi connectivity index (χ0) is 12.5. The van der Waals surface area contributed by atoms with Crippen LogP contribution >= 0.6 is 0 Å². The van der Waals surface area contributed by atoms with E-state index in [1.165, 1.54) is 6.07 Å². The predicted octanol–water partition coefficient (Wildman–Crippen LogP) is 1.72. The number of ether oxygens (including phenoxy) is 2. The van der Waals surface area contributed by atoms with Gasteiger partial charge in [0, 0.05) is 25.8 Å². The largest absolute Gasteiger partial charge is 0.382 e. The molecule has 5 heteroatoms. The smallest absolute Gasteiger partial charge is 0.127 e. The molecule has 17 heavy (non-hydrogen) atoms. The molecule has 1 rings (SSSR count). The zero-order valence-electron chi connectivity index (χ0n) is 9.84. The summed E-state index contributed by atoms with van der Waals surface area (Å²) >= 11 is 0. The van der Waals surface area contributed by atoms with Gasteiger partial charge in [0.1, 0.15) is 11.6 Å². The van der Waals surface area contributed by atoms with Crippen LogP contribution in [0.3, 0.4) is 0 Å². The molecule has 1 aromatic carbocycles. The Kier molecular flexibility index (Phi) is 6.69. The second-order valence-electron chi connectivity index (χ2n) is 3.52. The van der Waals surface area contributed by atoms with Crippen LogP contribution in [0.15, 0.2) is 18.2 Å². The van der Waals surface area contributed by atoms with Crippen LogP contribution in [-0.4, -0.2) is 33.5 Å². The van der Waals surface area contributed by atoms with E-state index in [4.69, 9.17) is 9.47 Å². The number of rotatable bonds is 8. The van der Waals surface area contributed by atoms with E-state index in [1.807, 2.05) is 0 Å². The zero-order valence-corrected chi connectivity index (χ0v) is 9.84. The molecule has 0 aliphatic carbocycles. The van der Waals surface area contributed by atoms with E-state index in [1.54, 1.807) is 7.11 Å². The fraction of sp³-hybridized carbons (Fsp3) is 0.500. The van der Waals surface area contributed by atoms with Gasteiger partial charge in [-0.15, -0.1) is 0 Å². The average Bonchev–Trinajstić information content (AvgIpc) is 2.32. The van der Waals surface area contributed by atoms with Crippen LogP contribution in [0.4, 0.5) is 8.78 Å². The minimum atomic E-state index is -0.431. The third-order valence-corrected chi connectivity index (χ3v) is 2.18. The molecule has 0 atom stereocenters. The number of nitrogens with one attached hydrogen (secondary N) is 1. The molecule has 0 aliphatic rings. The van der Waals surface area contributed by atoms with Crippen molar-refractivity contribution in [2.75, 3.05) is 33.5 Å². The van der Waals surface area contributed by atoms with Gasteiger partial charge in [0.15, 0.2) is 0 Å². The molecule has 0 aliphatic heterocycles. The Bertz CT molecular complexity index is 334. The van der Waals surface area contributed by atoms with Crippen LogP contribution in [0.2, 0.25) is 0 Å². The third kappa shape index (κ3) is 5.72. The van der Waals surface area contributed by atoms with Crippen LogP contribution in [0.25, 0.3) is 0 Å². The molecule has 0 radical (unpaired) electrons. The van der Waals surface area contributed by atoms with E-state index in [0.29, 0.717) is 31.9 Å². The van der Waals surface area contributed by atoms with E-state index < -0.39 is 11.6 Å². The summed E-state index contributed by atoms with van der Waals surface area (Å²) in [6, 6.07) is 3.42. The molecule has 96 valence electrons. The van der Waals surface area contributed by atoms with Gasteiger partial charge in [0.05, 0.1) is 19.8 Å². The van der Waals surface area contributed by atoms with E-state index in [0.717, 1.165) is 12.1 Å². The Hall–Kier alpha value is -1.04. The first-order chi connectivity index (χ1) is 8.24. The molecule has 0 amide bonds. The standard InChI is InChI=1S/C12H17F2NO2/c1-16-6-7-17-5-4-15-9-10-8-11(13)2-3-12(10)14/h2-3,8,15H,4-7,9H2,1H3. The van der Waals surface area contributed by atoms with Gasteiger partial charge in [0.25, 0.3) is 0 Å². The molecule has 0 fully saturated rings. The first-order valence-electron chi connectivity index (χ1n) is 5.45. The van der Waals surface area contributed by atoms with E-state index >= 15 is 0 Å². The van der Waals surface area contributed by atoms with Crippen molar-refractivity contribution >= 4 is 0 Å². The second kappa shape index (κ2) is 8.11. The molecule has 1 aromatic rings. The second-order valence-corrected chi connectivity index (χ2v) is 3.52. The Morgan fingerprint density at radius 3 is 2.76 bits per heavy atom. The van der Waals surface area contributed by atoms with Gasteiger partial charge in [-0.3, -0.25) is 0 Å². The Balaban J connectivity index is 2.15. The van der Waals surface area contributed by atoms with E-state index in [9.17, 15) is 8.78 Å². The molecule has 0 saturated heterocycles. The molecule has 0 heterocycles. The topological polar surface area (TPSA) is 30.5 Å². The van der Waals surface area contributed by atoms with Gasteiger partial charge >= 0.3 is 0 Å². The summed E-state index contributed by atoms with van der Waals surface area (Å²) < 4.78 is 36.0. The molecule has 1 N–H and O–H groups in total. The fourth-order valence-electron chi connectivity index (χ4n) is 1.29. The minimum Gasteiger partial charge on any atom is -0.382 e. The number of benzene rings is 1. The van der Waals surface area contributed by atoms with Crippen LogP contribution in [0.5, 0.6) is 0 Å². The number of methoxy groups -OCH3 is 1. The average molecular weight is 245 g/mol. The van der Waals surface area contributed by atoms with Gasteiger partial charge in [-0.25, -0.2) is 8.78 Å². The normalized spacial score (nSPS) is 10.8. The van der Waals surface area contributed by atoms with Gasteiger partial charge in [-0.2, -0.15) is 0 Å². The van der Waals surface area contributed by atoms with Gasteiger partial charge < -0.3 is 14.8 Å². The molecule has 0 spiro atoms. The lowest BCUT2D eigenvalue weighted by atomic mass is 10.2. The molecule has 3 nitrogen and oxygen atoms in total. The SMILES string of the molecule is COCCOCCNCc1cc(F)ccc1F. The van der Waals surface area contributed by atoms with Gasteiger partial charge in [0.2, 0.25) is 0 Å². The van der Waals surface area contributed by atoms with Crippen molar-refractivity contribution in [2.24, 2.45) is 0 Å². The lowest BCUT2D eigenvalue weighted by Crippen LogP contribution is -2.20. The van der Waals surface area contributed by atoms with Crippen LogP contribution in [0, 0.1) is 11.6 Å².